The van der Waals surface area contributed by atoms with E-state index in [0.29, 0.717) is 18.3 Å². The molecule has 108 valence electrons. The molecule has 1 heterocycles. The smallest absolute Gasteiger partial charge is 0.306 e. The first kappa shape index (κ1) is 13.4. The molecule has 2 saturated carbocycles. The van der Waals surface area contributed by atoms with Gasteiger partial charge in [0.15, 0.2) is 0 Å². The number of aliphatic hydroxyl groups is 1. The van der Waals surface area contributed by atoms with Gasteiger partial charge in [0.05, 0.1) is 12.5 Å². The molecule has 0 spiro atoms. The molecule has 0 unspecified atom stereocenters. The summed E-state index contributed by atoms with van der Waals surface area (Å²) >= 11 is 0. The molecule has 0 amide bonds. The van der Waals surface area contributed by atoms with Gasteiger partial charge in [0, 0.05) is 5.92 Å². The third kappa shape index (κ3) is 1.63. The van der Waals surface area contributed by atoms with Crippen molar-refractivity contribution >= 4 is 5.97 Å². The standard InChI is InChI=1S/C16H26O3/c1-14(2)10-5-8-16(4)11(9-13(18)19-16)15(10,3)7-6-12(14)17/h10-12,17H,5-9H2,1-4H3/t10-,11-,12-,15-,16+/m0/s1. The maximum absolute atomic E-state index is 11.8. The number of ether oxygens (including phenoxy) is 1. The first-order valence-electron chi connectivity index (χ1n) is 7.60. The first-order chi connectivity index (χ1) is 8.70. The second-order valence-corrected chi connectivity index (χ2v) is 8.02. The molecule has 3 rings (SSSR count). The van der Waals surface area contributed by atoms with Crippen LogP contribution in [0, 0.1) is 22.7 Å². The second kappa shape index (κ2) is 3.75. The van der Waals surface area contributed by atoms with E-state index in [1.807, 2.05) is 0 Å². The monoisotopic (exact) mass is 266 g/mol. The molecular weight excluding hydrogens is 240 g/mol. The molecule has 1 aliphatic heterocycles. The highest BCUT2D eigenvalue weighted by Crippen LogP contribution is 2.64. The zero-order valence-electron chi connectivity index (χ0n) is 12.5. The lowest BCUT2D eigenvalue weighted by atomic mass is 9.45. The lowest BCUT2D eigenvalue weighted by Crippen LogP contribution is -2.59. The van der Waals surface area contributed by atoms with E-state index in [1.165, 1.54) is 0 Å². The van der Waals surface area contributed by atoms with Crippen molar-refractivity contribution < 1.29 is 14.6 Å². The third-order valence-electron chi connectivity index (χ3n) is 6.69. The van der Waals surface area contributed by atoms with E-state index in [2.05, 4.69) is 27.7 Å². The highest BCUT2D eigenvalue weighted by Gasteiger charge is 2.64. The highest BCUT2D eigenvalue weighted by molar-refractivity contribution is 5.73. The van der Waals surface area contributed by atoms with Crippen molar-refractivity contribution in [3.05, 3.63) is 0 Å². The average Bonchev–Trinajstić information content (AvgIpc) is 2.61. The Morgan fingerprint density at radius 3 is 2.47 bits per heavy atom. The fourth-order valence-electron chi connectivity index (χ4n) is 5.54. The predicted octanol–water partition coefficient (Wildman–Crippen LogP) is 2.91. The van der Waals surface area contributed by atoms with E-state index in [9.17, 15) is 9.90 Å². The molecule has 0 aromatic rings. The van der Waals surface area contributed by atoms with E-state index in [1.54, 1.807) is 0 Å². The summed E-state index contributed by atoms with van der Waals surface area (Å²) in [7, 11) is 0. The Bertz CT molecular complexity index is 416. The van der Waals surface area contributed by atoms with Crippen molar-refractivity contribution in [1.29, 1.82) is 0 Å². The SMILES string of the molecule is CC1(C)[C@@H](O)CC[C@@]2(C)[C@H]1CC[C@@]1(C)OC(=O)C[C@@H]21. The maximum atomic E-state index is 11.8. The van der Waals surface area contributed by atoms with Crippen LogP contribution in [0.4, 0.5) is 0 Å². The normalized spacial score (nSPS) is 52.3. The molecular formula is C16H26O3. The van der Waals surface area contributed by atoms with Gasteiger partial charge in [-0.1, -0.05) is 20.8 Å². The zero-order chi connectivity index (χ0) is 14.1. The summed E-state index contributed by atoms with van der Waals surface area (Å²) in [5.74, 6) is 0.771. The third-order valence-corrected chi connectivity index (χ3v) is 6.69. The number of fused-ring (bicyclic) bond motifs is 3. The van der Waals surface area contributed by atoms with Gasteiger partial charge in [0.1, 0.15) is 5.60 Å². The average molecular weight is 266 g/mol. The lowest BCUT2D eigenvalue weighted by Gasteiger charge is -2.60. The lowest BCUT2D eigenvalue weighted by molar-refractivity contribution is -0.183. The summed E-state index contributed by atoms with van der Waals surface area (Å²) in [4.78, 5) is 11.8. The first-order valence-corrected chi connectivity index (χ1v) is 7.60. The number of hydrogen-bond donors (Lipinski definition) is 1. The minimum absolute atomic E-state index is 0.0293. The Morgan fingerprint density at radius 2 is 1.79 bits per heavy atom. The van der Waals surface area contributed by atoms with E-state index >= 15 is 0 Å². The van der Waals surface area contributed by atoms with Gasteiger partial charge in [0.2, 0.25) is 0 Å². The minimum Gasteiger partial charge on any atom is -0.459 e. The van der Waals surface area contributed by atoms with Gasteiger partial charge in [-0.2, -0.15) is 0 Å². The van der Waals surface area contributed by atoms with Gasteiger partial charge < -0.3 is 9.84 Å². The van der Waals surface area contributed by atoms with Crippen LogP contribution in [-0.2, 0) is 9.53 Å². The van der Waals surface area contributed by atoms with E-state index in [4.69, 9.17) is 4.74 Å². The van der Waals surface area contributed by atoms with Gasteiger partial charge in [-0.3, -0.25) is 4.79 Å². The van der Waals surface area contributed by atoms with E-state index in [-0.39, 0.29) is 28.5 Å². The van der Waals surface area contributed by atoms with Crippen LogP contribution in [0.5, 0.6) is 0 Å². The summed E-state index contributed by atoms with van der Waals surface area (Å²) in [6, 6.07) is 0. The molecule has 3 nitrogen and oxygen atoms in total. The molecule has 1 saturated heterocycles. The summed E-state index contributed by atoms with van der Waals surface area (Å²) < 4.78 is 5.66. The van der Waals surface area contributed by atoms with Crippen LogP contribution in [0.1, 0.15) is 59.8 Å². The molecule has 5 atom stereocenters. The molecule has 3 heteroatoms. The summed E-state index contributed by atoms with van der Waals surface area (Å²) in [5, 5.41) is 10.3. The second-order valence-electron chi connectivity index (χ2n) is 8.02. The van der Waals surface area contributed by atoms with Crippen molar-refractivity contribution in [2.24, 2.45) is 22.7 Å². The quantitative estimate of drug-likeness (QED) is 0.686. The summed E-state index contributed by atoms with van der Waals surface area (Å²) in [5.41, 5.74) is -0.192. The fourth-order valence-corrected chi connectivity index (χ4v) is 5.54. The maximum Gasteiger partial charge on any atom is 0.306 e. The molecule has 0 aromatic carbocycles. The number of carbonyl (C=O) groups excluding carboxylic acids is 1. The molecule has 3 fully saturated rings. The van der Waals surface area contributed by atoms with Crippen molar-refractivity contribution in [3.63, 3.8) is 0 Å². The van der Waals surface area contributed by atoms with Crippen LogP contribution in [-0.4, -0.2) is 22.8 Å². The van der Waals surface area contributed by atoms with Crippen molar-refractivity contribution in [2.75, 3.05) is 0 Å². The molecule has 3 aliphatic rings. The van der Waals surface area contributed by atoms with Crippen LogP contribution in [0.3, 0.4) is 0 Å². The molecule has 0 radical (unpaired) electrons. The van der Waals surface area contributed by atoms with Gasteiger partial charge in [-0.25, -0.2) is 0 Å². The molecule has 1 N–H and O–H groups in total. The van der Waals surface area contributed by atoms with Gasteiger partial charge in [0.25, 0.3) is 0 Å². The number of carbonyl (C=O) groups is 1. The fraction of sp³-hybridized carbons (Fsp3) is 0.938. The Balaban J connectivity index is 2.00. The molecule has 0 aromatic heterocycles. The van der Waals surface area contributed by atoms with Gasteiger partial charge in [-0.05, 0) is 49.4 Å². The summed E-state index contributed by atoms with van der Waals surface area (Å²) in [6.45, 7) is 8.83. The topological polar surface area (TPSA) is 46.5 Å². The Kier molecular flexibility index (Phi) is 2.65. The van der Waals surface area contributed by atoms with Crippen molar-refractivity contribution in [3.8, 4) is 0 Å². The van der Waals surface area contributed by atoms with Crippen molar-refractivity contribution in [2.45, 2.75) is 71.5 Å². The Morgan fingerprint density at radius 1 is 1.11 bits per heavy atom. The van der Waals surface area contributed by atoms with Crippen LogP contribution in [0.2, 0.25) is 0 Å². The van der Waals surface area contributed by atoms with Crippen LogP contribution < -0.4 is 0 Å². The predicted molar refractivity (Wildman–Crippen MR) is 72.5 cm³/mol. The van der Waals surface area contributed by atoms with Gasteiger partial charge >= 0.3 is 5.97 Å². The van der Waals surface area contributed by atoms with Gasteiger partial charge in [-0.15, -0.1) is 0 Å². The molecule has 2 aliphatic carbocycles. The van der Waals surface area contributed by atoms with Crippen molar-refractivity contribution in [1.82, 2.24) is 0 Å². The van der Waals surface area contributed by atoms with Crippen LogP contribution in [0.15, 0.2) is 0 Å². The number of esters is 1. The highest BCUT2D eigenvalue weighted by atomic mass is 16.6. The number of rotatable bonds is 0. The minimum atomic E-state index is -0.263. The number of hydrogen-bond acceptors (Lipinski definition) is 3. The number of aliphatic hydroxyl groups excluding tert-OH is 1. The zero-order valence-corrected chi connectivity index (χ0v) is 12.5. The molecule has 19 heavy (non-hydrogen) atoms. The molecule has 0 bridgehead atoms. The van der Waals surface area contributed by atoms with E-state index in [0.717, 1.165) is 25.7 Å². The largest absolute Gasteiger partial charge is 0.459 e. The van der Waals surface area contributed by atoms with Crippen LogP contribution in [0.25, 0.3) is 0 Å². The van der Waals surface area contributed by atoms with E-state index < -0.39 is 0 Å². The van der Waals surface area contributed by atoms with Crippen LogP contribution >= 0.6 is 0 Å². The Labute approximate surface area is 115 Å². The Hall–Kier alpha value is -0.570. The summed E-state index contributed by atoms with van der Waals surface area (Å²) in [6.07, 6.45) is 4.21.